The van der Waals surface area contributed by atoms with Gasteiger partial charge in [0.1, 0.15) is 0 Å². The molecule has 0 amide bonds. The van der Waals surface area contributed by atoms with E-state index in [1.54, 1.807) is 12.2 Å². The Kier molecular flexibility index (Phi) is 2500. The number of rotatable bonds is 1. The van der Waals surface area contributed by atoms with Crippen molar-refractivity contribution in [3.05, 3.63) is 38.5 Å². The molecule has 0 aliphatic heterocycles. The van der Waals surface area contributed by atoms with Crippen molar-refractivity contribution >= 4 is 0 Å². The molecule has 0 bridgehead atoms. The van der Waals surface area contributed by atoms with Crippen LogP contribution in [0.15, 0.2) is 38.5 Å². The Labute approximate surface area is 128 Å². The fraction of sp³-hybridized carbons (Fsp3) is 0.684. The average molecular weight is 277 g/mol. The predicted octanol–water partition coefficient (Wildman–Crippen LogP) is 8.71. The SMILES string of the molecule is C=C.C=CC=C.CC.CC.CC.CC.CC.CCC. The van der Waals surface area contributed by atoms with Crippen LogP contribution in [0.5, 0.6) is 0 Å². The first-order valence-electron chi connectivity index (χ1n) is 8.06. The van der Waals surface area contributed by atoms with Crippen LogP contribution in [0.25, 0.3) is 0 Å². The van der Waals surface area contributed by atoms with Crippen LogP contribution in [-0.2, 0) is 0 Å². The molecule has 0 aliphatic rings. The summed E-state index contributed by atoms with van der Waals surface area (Å²) in [5.41, 5.74) is 0. The second-order valence-electron chi connectivity index (χ2n) is 1.18. The van der Waals surface area contributed by atoms with Gasteiger partial charge in [0.25, 0.3) is 0 Å². The normalized spacial score (nSPS) is 3.79. The molecule has 0 radical (unpaired) electrons. The van der Waals surface area contributed by atoms with Gasteiger partial charge in [-0.2, -0.15) is 0 Å². The van der Waals surface area contributed by atoms with Gasteiger partial charge >= 0.3 is 0 Å². The molecular weight excluding hydrogens is 228 g/mol. The van der Waals surface area contributed by atoms with Gasteiger partial charge in [-0.3, -0.25) is 0 Å². The molecule has 0 N–H and O–H groups in total. The summed E-state index contributed by atoms with van der Waals surface area (Å²) in [6.45, 7) is 37.0. The van der Waals surface area contributed by atoms with E-state index >= 15 is 0 Å². The summed E-state index contributed by atoms with van der Waals surface area (Å²) in [5.74, 6) is 0. The summed E-state index contributed by atoms with van der Waals surface area (Å²) in [4.78, 5) is 0. The Morgan fingerprint density at radius 3 is 0.579 bits per heavy atom. The van der Waals surface area contributed by atoms with E-state index in [1.807, 2.05) is 69.2 Å². The average Bonchev–Trinajstić information content (AvgIpc) is 2.59. The molecule has 0 spiro atoms. The standard InChI is InChI=1S/C4H6.C3H8.5C2H6.C2H4/c1-3-4-2;1-3-2;6*1-2/h3-4H,1-2H2;3H2,1-2H3;5*1-2H3;1-2H2. The second kappa shape index (κ2) is 919. The molecule has 0 aliphatic carbocycles. The van der Waals surface area contributed by atoms with Crippen LogP contribution in [0.4, 0.5) is 0 Å². The maximum Gasteiger partial charge on any atom is -0.0590 e. The zero-order valence-corrected chi connectivity index (χ0v) is 16.7. The highest BCUT2D eigenvalue weighted by Gasteiger charge is 1.35. The lowest BCUT2D eigenvalue weighted by Gasteiger charge is -1.48. The summed E-state index contributed by atoms with van der Waals surface area (Å²) in [6, 6.07) is 0. The summed E-state index contributed by atoms with van der Waals surface area (Å²) in [5, 5.41) is 0. The minimum atomic E-state index is 1.25. The maximum absolute atomic E-state index is 3.36. The van der Waals surface area contributed by atoms with Crippen LogP contribution in [0.3, 0.4) is 0 Å². The van der Waals surface area contributed by atoms with Gasteiger partial charge in [-0.15, -0.1) is 13.2 Å². The lowest BCUT2D eigenvalue weighted by molar-refractivity contribution is 1.09. The molecule has 124 valence electrons. The molecule has 0 aromatic rings. The smallest absolute Gasteiger partial charge is 0.0590 e. The summed E-state index contributed by atoms with van der Waals surface area (Å²) >= 11 is 0. The number of allylic oxidation sites excluding steroid dienone is 2. The first-order valence-corrected chi connectivity index (χ1v) is 8.06. The molecule has 0 aromatic heterocycles. The van der Waals surface area contributed by atoms with Crippen molar-refractivity contribution in [3.8, 4) is 0 Å². The highest BCUT2D eigenvalue weighted by atomic mass is 13.4. The molecule has 0 nitrogen and oxygen atoms in total. The third kappa shape index (κ3) is 82400. The van der Waals surface area contributed by atoms with Gasteiger partial charge in [-0.1, -0.05) is 115 Å². The van der Waals surface area contributed by atoms with Gasteiger partial charge in [-0.25, -0.2) is 0 Å². The molecule has 0 heteroatoms. The third-order valence-corrected chi connectivity index (χ3v) is 0.167. The molecule has 0 saturated heterocycles. The molecule has 0 rings (SSSR count). The number of hydrogen-bond donors (Lipinski definition) is 0. The second-order valence-corrected chi connectivity index (χ2v) is 1.18. The first kappa shape index (κ1) is 51.7. The molecule has 0 fully saturated rings. The van der Waals surface area contributed by atoms with E-state index in [4.69, 9.17) is 0 Å². The Morgan fingerprint density at radius 1 is 0.526 bits per heavy atom. The fourth-order valence-corrected chi connectivity index (χ4v) is 0. The predicted molar refractivity (Wildman–Crippen MR) is 104 cm³/mol. The molecule has 0 saturated carbocycles. The molecule has 0 heterocycles. The van der Waals surface area contributed by atoms with E-state index in [0.29, 0.717) is 0 Å². The van der Waals surface area contributed by atoms with E-state index < -0.39 is 0 Å². The topological polar surface area (TPSA) is 0 Å². The largest absolute Gasteiger partial charge is 0.106 e. The van der Waals surface area contributed by atoms with Crippen LogP contribution in [0.2, 0.25) is 0 Å². The maximum atomic E-state index is 3.36. The van der Waals surface area contributed by atoms with Crippen molar-refractivity contribution in [3.63, 3.8) is 0 Å². The zero-order valence-electron chi connectivity index (χ0n) is 16.7. The zero-order chi connectivity index (χ0) is 18.1. The summed E-state index contributed by atoms with van der Waals surface area (Å²) in [6.07, 6.45) is 4.53. The van der Waals surface area contributed by atoms with E-state index in [0.717, 1.165) is 0 Å². The van der Waals surface area contributed by atoms with Crippen molar-refractivity contribution < 1.29 is 0 Å². The van der Waals surface area contributed by atoms with E-state index in [2.05, 4.69) is 40.2 Å². The monoisotopic (exact) mass is 276 g/mol. The van der Waals surface area contributed by atoms with E-state index in [-0.39, 0.29) is 0 Å². The Bertz CT molecular complexity index is 38.0. The van der Waals surface area contributed by atoms with Crippen LogP contribution >= 0.6 is 0 Å². The van der Waals surface area contributed by atoms with E-state index in [1.165, 1.54) is 6.42 Å². The highest BCUT2D eigenvalue weighted by Crippen LogP contribution is 1.56. The van der Waals surface area contributed by atoms with Crippen molar-refractivity contribution in [2.45, 2.75) is 89.5 Å². The van der Waals surface area contributed by atoms with Crippen LogP contribution in [0, 0.1) is 0 Å². The quantitative estimate of drug-likeness (QED) is 0.332. The van der Waals surface area contributed by atoms with Crippen molar-refractivity contribution in [1.82, 2.24) is 0 Å². The van der Waals surface area contributed by atoms with Crippen molar-refractivity contribution in [1.29, 1.82) is 0 Å². The Hall–Kier alpha value is -0.780. The molecular formula is C19H48. The van der Waals surface area contributed by atoms with Gasteiger partial charge in [0.2, 0.25) is 0 Å². The van der Waals surface area contributed by atoms with Crippen LogP contribution in [-0.4, -0.2) is 0 Å². The van der Waals surface area contributed by atoms with Gasteiger partial charge in [-0.05, 0) is 0 Å². The van der Waals surface area contributed by atoms with Crippen molar-refractivity contribution in [2.75, 3.05) is 0 Å². The summed E-state index contributed by atoms with van der Waals surface area (Å²) < 4.78 is 0. The molecule has 19 heavy (non-hydrogen) atoms. The van der Waals surface area contributed by atoms with Crippen molar-refractivity contribution in [2.24, 2.45) is 0 Å². The molecule has 0 unspecified atom stereocenters. The lowest BCUT2D eigenvalue weighted by Crippen LogP contribution is -1.27. The molecule has 0 aromatic carbocycles. The Balaban J connectivity index is -0.0000000124. The Morgan fingerprint density at radius 2 is 0.579 bits per heavy atom. The first-order chi connectivity index (χ1) is 9.33. The van der Waals surface area contributed by atoms with Gasteiger partial charge in [0.05, 0.1) is 0 Å². The van der Waals surface area contributed by atoms with Gasteiger partial charge in [0.15, 0.2) is 0 Å². The number of hydrogen-bond acceptors (Lipinski definition) is 0. The van der Waals surface area contributed by atoms with Gasteiger partial charge < -0.3 is 0 Å². The minimum absolute atomic E-state index is 1.25. The highest BCUT2D eigenvalue weighted by molar-refractivity contribution is 4.88. The minimum Gasteiger partial charge on any atom is -0.106 e. The van der Waals surface area contributed by atoms with Crippen LogP contribution < -0.4 is 0 Å². The molecule has 0 atom stereocenters. The van der Waals surface area contributed by atoms with Crippen LogP contribution in [0.1, 0.15) is 89.5 Å². The van der Waals surface area contributed by atoms with Gasteiger partial charge in [0, 0.05) is 0 Å². The third-order valence-electron chi connectivity index (χ3n) is 0.167. The lowest BCUT2D eigenvalue weighted by atomic mass is 10.6. The summed E-state index contributed by atoms with van der Waals surface area (Å²) in [7, 11) is 0. The van der Waals surface area contributed by atoms with E-state index in [9.17, 15) is 0 Å². The fourth-order valence-electron chi connectivity index (χ4n) is 0.